The molecule has 0 heterocycles. The average molecular weight is 347 g/mol. The van der Waals surface area contributed by atoms with E-state index in [2.05, 4.69) is 29.5 Å². The highest BCUT2D eigenvalue weighted by atomic mass is 127. The van der Waals surface area contributed by atoms with Crippen LogP contribution in [-0.2, 0) is 0 Å². The van der Waals surface area contributed by atoms with Gasteiger partial charge in [0.1, 0.15) is 5.75 Å². The molecule has 0 bridgehead atoms. The number of amides is 1. The first-order valence-corrected chi connectivity index (χ1v) is 6.88. The quantitative estimate of drug-likeness (QED) is 0.850. The second-order valence-electron chi connectivity index (χ2n) is 4.01. The van der Waals surface area contributed by atoms with Crippen molar-refractivity contribution in [1.82, 2.24) is 4.90 Å². The number of aromatic hydroxyl groups is 1. The highest BCUT2D eigenvalue weighted by Gasteiger charge is 2.21. The fourth-order valence-electron chi connectivity index (χ4n) is 1.71. The molecule has 0 aliphatic carbocycles. The summed E-state index contributed by atoms with van der Waals surface area (Å²) in [6, 6.07) is 5.26. The van der Waals surface area contributed by atoms with Crippen molar-refractivity contribution in [2.45, 2.75) is 33.2 Å². The summed E-state index contributed by atoms with van der Waals surface area (Å²) in [6.07, 6.45) is 0.907. The predicted octanol–water partition coefficient (Wildman–Crippen LogP) is 3.26. The van der Waals surface area contributed by atoms with E-state index in [1.807, 2.05) is 13.8 Å². The van der Waals surface area contributed by atoms with E-state index >= 15 is 0 Å². The molecule has 17 heavy (non-hydrogen) atoms. The molecule has 0 saturated carbocycles. The Labute approximate surface area is 116 Å². The largest absolute Gasteiger partial charge is 0.507 e. The van der Waals surface area contributed by atoms with Gasteiger partial charge < -0.3 is 10.0 Å². The number of carbonyl (C=O) groups excluding carboxylic acids is 1. The number of hydrogen-bond donors (Lipinski definition) is 1. The number of benzene rings is 1. The first-order chi connectivity index (χ1) is 8.01. The third-order valence-corrected chi connectivity index (χ3v) is 3.58. The van der Waals surface area contributed by atoms with Gasteiger partial charge >= 0.3 is 0 Å². The van der Waals surface area contributed by atoms with Crippen LogP contribution in [0.25, 0.3) is 0 Å². The van der Waals surface area contributed by atoms with Gasteiger partial charge in [-0.3, -0.25) is 4.79 Å². The number of hydrogen-bond acceptors (Lipinski definition) is 2. The molecule has 1 atom stereocenters. The molecule has 0 fully saturated rings. The second kappa shape index (κ2) is 6.23. The van der Waals surface area contributed by atoms with Gasteiger partial charge in [-0.15, -0.1) is 0 Å². The molecule has 1 aromatic carbocycles. The van der Waals surface area contributed by atoms with Crippen LogP contribution in [0, 0.1) is 3.57 Å². The smallest absolute Gasteiger partial charge is 0.257 e. The Morgan fingerprint density at radius 2 is 2.12 bits per heavy atom. The van der Waals surface area contributed by atoms with Crippen molar-refractivity contribution < 1.29 is 9.90 Å². The molecule has 0 saturated heterocycles. The van der Waals surface area contributed by atoms with Crippen molar-refractivity contribution in [2.24, 2.45) is 0 Å². The minimum absolute atomic E-state index is 0.0529. The lowest BCUT2D eigenvalue weighted by Crippen LogP contribution is -2.38. The van der Waals surface area contributed by atoms with Gasteiger partial charge in [0, 0.05) is 16.2 Å². The molecular formula is C13H18INO2. The van der Waals surface area contributed by atoms with Crippen LogP contribution in [0.4, 0.5) is 0 Å². The molecule has 0 aromatic heterocycles. The number of phenolic OH excluding ortho intramolecular Hbond substituents is 1. The normalized spacial score (nSPS) is 12.2. The third-order valence-electron chi connectivity index (χ3n) is 2.91. The number of rotatable bonds is 4. The van der Waals surface area contributed by atoms with Gasteiger partial charge in [0.05, 0.1) is 5.56 Å². The molecule has 94 valence electrons. The molecule has 0 radical (unpaired) electrons. The zero-order valence-corrected chi connectivity index (χ0v) is 12.6. The van der Waals surface area contributed by atoms with Crippen molar-refractivity contribution in [3.05, 3.63) is 27.3 Å². The lowest BCUT2D eigenvalue weighted by molar-refractivity contribution is 0.0697. The lowest BCUT2D eigenvalue weighted by Gasteiger charge is -2.27. The SMILES string of the molecule is CCC(C)N(CC)C(=O)c1cc(I)ccc1O. The van der Waals surface area contributed by atoms with Gasteiger partial charge in [-0.2, -0.15) is 0 Å². The fourth-order valence-corrected chi connectivity index (χ4v) is 2.20. The van der Waals surface area contributed by atoms with Gasteiger partial charge in [0.25, 0.3) is 5.91 Å². The zero-order chi connectivity index (χ0) is 13.0. The van der Waals surface area contributed by atoms with Gasteiger partial charge in [-0.05, 0) is 61.1 Å². The Balaban J connectivity index is 3.05. The van der Waals surface area contributed by atoms with Crippen LogP contribution < -0.4 is 0 Å². The summed E-state index contributed by atoms with van der Waals surface area (Å²) >= 11 is 2.14. The van der Waals surface area contributed by atoms with Crippen molar-refractivity contribution in [1.29, 1.82) is 0 Å². The molecule has 3 nitrogen and oxygen atoms in total. The molecule has 4 heteroatoms. The fraction of sp³-hybridized carbons (Fsp3) is 0.462. The maximum atomic E-state index is 12.3. The highest BCUT2D eigenvalue weighted by Crippen LogP contribution is 2.22. The number of nitrogens with zero attached hydrogens (tertiary/aromatic N) is 1. The number of phenols is 1. The van der Waals surface area contributed by atoms with Gasteiger partial charge in [-0.25, -0.2) is 0 Å². The van der Waals surface area contributed by atoms with Crippen molar-refractivity contribution in [2.75, 3.05) is 6.54 Å². The Bertz CT molecular complexity index is 406. The van der Waals surface area contributed by atoms with Gasteiger partial charge in [-0.1, -0.05) is 6.92 Å². The van der Waals surface area contributed by atoms with Gasteiger partial charge in [0.15, 0.2) is 0 Å². The van der Waals surface area contributed by atoms with Crippen LogP contribution in [0.15, 0.2) is 18.2 Å². The minimum atomic E-state index is -0.0992. The molecular weight excluding hydrogens is 329 g/mol. The average Bonchev–Trinajstić information content (AvgIpc) is 2.32. The summed E-state index contributed by atoms with van der Waals surface area (Å²) in [6.45, 7) is 6.68. The number of carbonyl (C=O) groups is 1. The van der Waals surface area contributed by atoms with E-state index in [1.54, 1.807) is 23.1 Å². The van der Waals surface area contributed by atoms with Crippen molar-refractivity contribution in [3.63, 3.8) is 0 Å². The van der Waals surface area contributed by atoms with Crippen LogP contribution in [0.5, 0.6) is 5.75 Å². The van der Waals surface area contributed by atoms with Gasteiger partial charge in [0.2, 0.25) is 0 Å². The van der Waals surface area contributed by atoms with Crippen LogP contribution >= 0.6 is 22.6 Å². The van der Waals surface area contributed by atoms with Crippen LogP contribution in [0.2, 0.25) is 0 Å². The Hall–Kier alpha value is -0.780. The predicted molar refractivity (Wildman–Crippen MR) is 77.3 cm³/mol. The summed E-state index contributed by atoms with van der Waals surface area (Å²) < 4.78 is 0.948. The summed E-state index contributed by atoms with van der Waals surface area (Å²) in [5, 5.41) is 9.75. The number of halogens is 1. The zero-order valence-electron chi connectivity index (χ0n) is 10.4. The molecule has 1 N–H and O–H groups in total. The molecule has 1 rings (SSSR count). The van der Waals surface area contributed by atoms with Crippen molar-refractivity contribution in [3.8, 4) is 5.75 Å². The maximum absolute atomic E-state index is 12.3. The minimum Gasteiger partial charge on any atom is -0.507 e. The molecule has 0 aliphatic heterocycles. The van der Waals surface area contributed by atoms with E-state index in [0.717, 1.165) is 9.99 Å². The standard InChI is InChI=1S/C13H18INO2/c1-4-9(3)15(5-2)13(17)11-8-10(14)6-7-12(11)16/h6-9,16H,4-5H2,1-3H3. The molecule has 1 aromatic rings. The van der Waals surface area contributed by atoms with E-state index in [4.69, 9.17) is 0 Å². The monoisotopic (exact) mass is 347 g/mol. The van der Waals surface area contributed by atoms with E-state index in [-0.39, 0.29) is 17.7 Å². The summed E-state index contributed by atoms with van der Waals surface area (Å²) in [5.74, 6) is -0.0463. The van der Waals surface area contributed by atoms with Crippen LogP contribution in [0.3, 0.4) is 0 Å². The Morgan fingerprint density at radius 1 is 1.47 bits per heavy atom. The Kier molecular flexibility index (Phi) is 5.24. The van der Waals surface area contributed by atoms with Crippen LogP contribution in [0.1, 0.15) is 37.6 Å². The van der Waals surface area contributed by atoms with Crippen molar-refractivity contribution >= 4 is 28.5 Å². The molecule has 0 spiro atoms. The van der Waals surface area contributed by atoms with E-state index in [0.29, 0.717) is 12.1 Å². The topological polar surface area (TPSA) is 40.5 Å². The molecule has 0 aliphatic rings. The molecule has 1 amide bonds. The van der Waals surface area contributed by atoms with E-state index in [1.165, 1.54) is 0 Å². The Morgan fingerprint density at radius 3 is 2.65 bits per heavy atom. The van der Waals surface area contributed by atoms with E-state index < -0.39 is 0 Å². The second-order valence-corrected chi connectivity index (χ2v) is 5.26. The van der Waals surface area contributed by atoms with Crippen LogP contribution in [-0.4, -0.2) is 28.5 Å². The summed E-state index contributed by atoms with van der Waals surface area (Å²) in [4.78, 5) is 14.1. The first kappa shape index (κ1) is 14.3. The first-order valence-electron chi connectivity index (χ1n) is 5.80. The van der Waals surface area contributed by atoms with E-state index in [9.17, 15) is 9.90 Å². The summed E-state index contributed by atoms with van der Waals surface area (Å²) in [5.41, 5.74) is 0.388. The summed E-state index contributed by atoms with van der Waals surface area (Å²) in [7, 11) is 0. The lowest BCUT2D eigenvalue weighted by atomic mass is 10.1. The molecule has 1 unspecified atom stereocenters. The third kappa shape index (κ3) is 3.34. The highest BCUT2D eigenvalue weighted by molar-refractivity contribution is 14.1. The maximum Gasteiger partial charge on any atom is 0.257 e.